The van der Waals surface area contributed by atoms with Crippen LogP contribution in [0.1, 0.15) is 31.9 Å². The van der Waals surface area contributed by atoms with Gasteiger partial charge in [-0.2, -0.15) is 0 Å². The van der Waals surface area contributed by atoms with Crippen molar-refractivity contribution < 1.29 is 9.18 Å². The minimum Gasteiger partial charge on any atom is -0.368 e. The molecule has 0 aliphatic carbocycles. The first-order valence-electron chi connectivity index (χ1n) is 9.22. The van der Waals surface area contributed by atoms with Crippen molar-refractivity contribution in [3.8, 4) is 0 Å². The summed E-state index contributed by atoms with van der Waals surface area (Å²) in [5.41, 5.74) is 3.12. The van der Waals surface area contributed by atoms with Crippen LogP contribution in [0.4, 0.5) is 10.1 Å². The van der Waals surface area contributed by atoms with Crippen molar-refractivity contribution in [2.24, 2.45) is 0 Å². The third-order valence-electron chi connectivity index (χ3n) is 4.98. The Hall–Kier alpha value is -2.36. The lowest BCUT2D eigenvalue weighted by Crippen LogP contribution is -2.49. The summed E-state index contributed by atoms with van der Waals surface area (Å²) in [5, 5.41) is 0. The van der Waals surface area contributed by atoms with Gasteiger partial charge in [-0.25, -0.2) is 4.39 Å². The van der Waals surface area contributed by atoms with E-state index in [9.17, 15) is 9.18 Å². The Labute approximate surface area is 155 Å². The van der Waals surface area contributed by atoms with Crippen LogP contribution in [0.15, 0.2) is 48.5 Å². The maximum Gasteiger partial charge on any atom is 0.227 e. The number of piperazine rings is 1. The lowest BCUT2D eigenvalue weighted by atomic mass is 9.85. The van der Waals surface area contributed by atoms with E-state index < -0.39 is 0 Å². The number of anilines is 1. The van der Waals surface area contributed by atoms with Gasteiger partial charge in [0, 0.05) is 31.9 Å². The molecule has 1 heterocycles. The van der Waals surface area contributed by atoms with Crippen LogP contribution in [0, 0.1) is 5.82 Å². The van der Waals surface area contributed by atoms with E-state index in [0.717, 1.165) is 13.1 Å². The van der Waals surface area contributed by atoms with Crippen LogP contribution in [-0.4, -0.2) is 37.0 Å². The number of nitrogens with zero attached hydrogens (tertiary/aromatic N) is 2. The second kappa shape index (κ2) is 7.48. The Morgan fingerprint density at radius 1 is 0.962 bits per heavy atom. The molecule has 1 aliphatic rings. The molecule has 1 fully saturated rings. The zero-order valence-corrected chi connectivity index (χ0v) is 15.8. The molecule has 26 heavy (non-hydrogen) atoms. The summed E-state index contributed by atoms with van der Waals surface area (Å²) in [6, 6.07) is 15.0. The number of hydrogen-bond acceptors (Lipinski definition) is 2. The van der Waals surface area contributed by atoms with Crippen LogP contribution < -0.4 is 4.90 Å². The van der Waals surface area contributed by atoms with E-state index in [4.69, 9.17) is 0 Å². The van der Waals surface area contributed by atoms with Gasteiger partial charge in [0.15, 0.2) is 0 Å². The molecule has 1 aliphatic heterocycles. The van der Waals surface area contributed by atoms with Gasteiger partial charge < -0.3 is 9.80 Å². The summed E-state index contributed by atoms with van der Waals surface area (Å²) in [7, 11) is 0. The molecular weight excluding hydrogens is 327 g/mol. The fourth-order valence-electron chi connectivity index (χ4n) is 3.50. The molecule has 2 aromatic carbocycles. The predicted octanol–water partition coefficient (Wildman–Crippen LogP) is 4.01. The molecule has 0 bridgehead atoms. The normalized spacial score (nSPS) is 15.2. The van der Waals surface area contributed by atoms with E-state index in [1.807, 2.05) is 4.90 Å². The van der Waals surface area contributed by atoms with Gasteiger partial charge in [0.05, 0.1) is 6.42 Å². The molecule has 138 valence electrons. The molecule has 0 aromatic heterocycles. The van der Waals surface area contributed by atoms with Gasteiger partial charge in [0.25, 0.3) is 0 Å². The van der Waals surface area contributed by atoms with Crippen molar-refractivity contribution in [2.45, 2.75) is 32.6 Å². The van der Waals surface area contributed by atoms with Crippen LogP contribution in [-0.2, 0) is 16.6 Å². The number of amides is 1. The first-order chi connectivity index (χ1) is 12.4. The van der Waals surface area contributed by atoms with Crippen LogP contribution in [0.5, 0.6) is 0 Å². The molecular formula is C22H27FN2O. The number of rotatable bonds is 3. The van der Waals surface area contributed by atoms with Crippen molar-refractivity contribution >= 4 is 11.6 Å². The van der Waals surface area contributed by atoms with E-state index in [0.29, 0.717) is 18.7 Å². The number of carbonyl (C=O) groups excluding carboxylic acids is 1. The fraction of sp³-hybridized carbons (Fsp3) is 0.409. The SMILES string of the molecule is CC(C)(C)c1ccccc1N1CCN(C(=O)Cc2ccccc2F)CC1. The first-order valence-corrected chi connectivity index (χ1v) is 9.22. The van der Waals surface area contributed by atoms with Crippen molar-refractivity contribution in [1.82, 2.24) is 4.90 Å². The summed E-state index contributed by atoms with van der Waals surface area (Å²) < 4.78 is 13.8. The van der Waals surface area contributed by atoms with E-state index in [1.54, 1.807) is 18.2 Å². The second-order valence-electron chi connectivity index (χ2n) is 7.90. The zero-order chi connectivity index (χ0) is 18.7. The number of carbonyl (C=O) groups is 1. The highest BCUT2D eigenvalue weighted by Gasteiger charge is 2.25. The molecule has 1 saturated heterocycles. The summed E-state index contributed by atoms with van der Waals surface area (Å²) in [5.74, 6) is -0.308. The summed E-state index contributed by atoms with van der Waals surface area (Å²) in [6.07, 6.45) is 0.130. The monoisotopic (exact) mass is 354 g/mol. The molecule has 2 aromatic rings. The van der Waals surface area contributed by atoms with Crippen molar-refractivity contribution in [3.63, 3.8) is 0 Å². The smallest absolute Gasteiger partial charge is 0.227 e. The number of para-hydroxylation sites is 1. The molecule has 0 radical (unpaired) electrons. The van der Waals surface area contributed by atoms with Gasteiger partial charge in [-0.05, 0) is 28.7 Å². The van der Waals surface area contributed by atoms with Gasteiger partial charge in [-0.1, -0.05) is 57.2 Å². The Morgan fingerprint density at radius 2 is 1.58 bits per heavy atom. The van der Waals surface area contributed by atoms with Gasteiger partial charge >= 0.3 is 0 Å². The summed E-state index contributed by atoms with van der Waals surface area (Å²) >= 11 is 0. The second-order valence-corrected chi connectivity index (χ2v) is 7.90. The number of hydrogen-bond donors (Lipinski definition) is 0. The minimum absolute atomic E-state index is 0.00106. The van der Waals surface area contributed by atoms with Gasteiger partial charge in [0.2, 0.25) is 5.91 Å². The van der Waals surface area contributed by atoms with E-state index in [2.05, 4.69) is 49.9 Å². The standard InChI is InChI=1S/C22H27FN2O/c1-22(2,3)18-9-5-7-11-20(18)24-12-14-25(15-13-24)21(26)16-17-8-4-6-10-19(17)23/h4-11H,12-16H2,1-3H3. The third kappa shape index (κ3) is 4.06. The van der Waals surface area contributed by atoms with Crippen molar-refractivity contribution in [3.05, 3.63) is 65.5 Å². The van der Waals surface area contributed by atoms with E-state index in [-0.39, 0.29) is 23.6 Å². The molecule has 0 saturated carbocycles. The molecule has 0 unspecified atom stereocenters. The quantitative estimate of drug-likeness (QED) is 0.831. The highest BCUT2D eigenvalue weighted by atomic mass is 19.1. The molecule has 3 nitrogen and oxygen atoms in total. The average Bonchev–Trinajstić information content (AvgIpc) is 2.63. The molecule has 3 rings (SSSR count). The fourth-order valence-corrected chi connectivity index (χ4v) is 3.50. The number of benzene rings is 2. The Morgan fingerprint density at radius 3 is 2.23 bits per heavy atom. The largest absolute Gasteiger partial charge is 0.368 e. The number of halogens is 1. The molecule has 1 amide bonds. The Kier molecular flexibility index (Phi) is 5.30. The predicted molar refractivity (Wildman–Crippen MR) is 104 cm³/mol. The summed E-state index contributed by atoms with van der Waals surface area (Å²) in [6.45, 7) is 9.61. The lowest BCUT2D eigenvalue weighted by Gasteiger charge is -2.38. The maximum atomic E-state index is 13.8. The van der Waals surface area contributed by atoms with E-state index in [1.165, 1.54) is 17.3 Å². The molecule has 0 atom stereocenters. The first kappa shape index (κ1) is 18.4. The van der Waals surface area contributed by atoms with Crippen molar-refractivity contribution in [1.29, 1.82) is 0 Å². The zero-order valence-electron chi connectivity index (χ0n) is 15.8. The summed E-state index contributed by atoms with van der Waals surface area (Å²) in [4.78, 5) is 16.7. The van der Waals surface area contributed by atoms with Gasteiger partial charge in [0.1, 0.15) is 5.82 Å². The highest BCUT2D eigenvalue weighted by molar-refractivity contribution is 5.79. The topological polar surface area (TPSA) is 23.6 Å². The van der Waals surface area contributed by atoms with E-state index >= 15 is 0 Å². The van der Waals surface area contributed by atoms with Crippen LogP contribution in [0.25, 0.3) is 0 Å². The lowest BCUT2D eigenvalue weighted by molar-refractivity contribution is -0.130. The third-order valence-corrected chi connectivity index (χ3v) is 4.98. The van der Waals surface area contributed by atoms with Gasteiger partial charge in [-0.15, -0.1) is 0 Å². The maximum absolute atomic E-state index is 13.8. The molecule has 0 spiro atoms. The van der Waals surface area contributed by atoms with Crippen LogP contribution in [0.3, 0.4) is 0 Å². The molecule has 4 heteroatoms. The Balaban J connectivity index is 1.65. The van der Waals surface area contributed by atoms with Crippen LogP contribution >= 0.6 is 0 Å². The van der Waals surface area contributed by atoms with Crippen molar-refractivity contribution in [2.75, 3.05) is 31.1 Å². The average molecular weight is 354 g/mol. The Bertz CT molecular complexity index is 774. The molecule has 0 N–H and O–H groups in total. The minimum atomic E-state index is -0.307. The van der Waals surface area contributed by atoms with Gasteiger partial charge in [-0.3, -0.25) is 4.79 Å². The highest BCUT2D eigenvalue weighted by Crippen LogP contribution is 2.32. The van der Waals surface area contributed by atoms with Crippen LogP contribution in [0.2, 0.25) is 0 Å².